The highest BCUT2D eigenvalue weighted by Gasteiger charge is 2.49. The van der Waals surface area contributed by atoms with Crippen molar-refractivity contribution in [2.75, 3.05) is 19.8 Å². The summed E-state index contributed by atoms with van der Waals surface area (Å²) < 4.78 is 15.2. The van der Waals surface area contributed by atoms with Crippen molar-refractivity contribution in [3.8, 4) is 0 Å². The minimum Gasteiger partial charge on any atom is -0.466 e. The highest BCUT2D eigenvalue weighted by Crippen LogP contribution is 2.40. The topological polar surface area (TPSA) is 263 Å². The van der Waals surface area contributed by atoms with Crippen LogP contribution < -0.4 is 0 Å². The van der Waals surface area contributed by atoms with Gasteiger partial charge in [-0.25, -0.2) is 0 Å². The minimum absolute atomic E-state index is 0.0768. The molecule has 0 amide bonds. The highest BCUT2D eigenvalue weighted by molar-refractivity contribution is 5.95. The van der Waals surface area contributed by atoms with E-state index in [1.165, 1.54) is 12.3 Å². The number of hydrogen-bond acceptors (Lipinski definition) is 17. The zero-order valence-corrected chi connectivity index (χ0v) is 35.7. The minimum atomic E-state index is -1.56. The molecule has 5 rings (SSSR count). The van der Waals surface area contributed by atoms with Crippen LogP contribution in [-0.2, 0) is 87.5 Å². The number of hydrogen-bond donors (Lipinski definition) is 0. The van der Waals surface area contributed by atoms with E-state index in [-0.39, 0.29) is 67.9 Å². The summed E-state index contributed by atoms with van der Waals surface area (Å²) in [6.45, 7) is 14.7. The molecule has 0 fully saturated rings. The Bertz CT molecular complexity index is 2100. The Morgan fingerprint density at radius 2 is 1.28 bits per heavy atom. The smallest absolute Gasteiger partial charge is 0.373 e. The zero-order valence-electron chi connectivity index (χ0n) is 35.7. The summed E-state index contributed by atoms with van der Waals surface area (Å²) in [7, 11) is 0. The number of carbonyl (C=O) groups excluding carboxylic acids is 9. The number of Topliss-reactive ketones (excluding diaryl/α,β-unsaturated/α-hetero) is 2. The third-order valence-corrected chi connectivity index (χ3v) is 9.61. The maximum Gasteiger partial charge on any atom is 0.373 e. The fourth-order valence-corrected chi connectivity index (χ4v) is 6.84. The van der Waals surface area contributed by atoms with Crippen molar-refractivity contribution in [1.82, 2.24) is 15.0 Å². The van der Waals surface area contributed by atoms with E-state index in [0.717, 1.165) is 40.1 Å². The second-order valence-electron chi connectivity index (χ2n) is 13.8. The molecule has 0 aromatic carbocycles. The summed E-state index contributed by atoms with van der Waals surface area (Å²) >= 11 is 0. The van der Waals surface area contributed by atoms with Gasteiger partial charge in [-0.1, -0.05) is 26.0 Å². The molecule has 328 valence electrons. The van der Waals surface area contributed by atoms with E-state index in [1.54, 1.807) is 40.8 Å². The maximum absolute atomic E-state index is 12.6. The summed E-state index contributed by atoms with van der Waals surface area (Å²) in [5, 5.41) is 11.4. The maximum atomic E-state index is 12.6. The normalized spacial score (nSPS) is 15.3. The number of fused-ring (bicyclic) bond motifs is 2. The van der Waals surface area contributed by atoms with E-state index in [9.17, 15) is 34.1 Å². The summed E-state index contributed by atoms with van der Waals surface area (Å²) in [6, 6.07) is 5.35. The lowest BCUT2D eigenvalue weighted by molar-refractivity contribution is -0.386. The average Bonchev–Trinajstić information content (AvgIpc) is 3.20. The van der Waals surface area contributed by atoms with Gasteiger partial charge >= 0.3 is 30.2 Å². The first-order valence-electron chi connectivity index (χ1n) is 19.5. The highest BCUT2D eigenvalue weighted by atomic mass is 16.6. The van der Waals surface area contributed by atoms with Crippen molar-refractivity contribution in [1.29, 1.82) is 0 Å². The molecular weight excluding hydrogens is 796 g/mol. The molecule has 2 aliphatic rings. The predicted molar refractivity (Wildman–Crippen MR) is 212 cm³/mol. The van der Waals surface area contributed by atoms with Crippen LogP contribution in [0.1, 0.15) is 112 Å². The van der Waals surface area contributed by atoms with Crippen LogP contribution in [0.4, 0.5) is 5.69 Å². The molecule has 0 spiro atoms. The van der Waals surface area contributed by atoms with E-state index in [2.05, 4.69) is 21.0 Å². The quantitative estimate of drug-likeness (QED) is 0.108. The van der Waals surface area contributed by atoms with Crippen LogP contribution in [0.3, 0.4) is 0 Å². The molecule has 0 saturated carbocycles. The summed E-state index contributed by atoms with van der Waals surface area (Å²) in [5.41, 5.74) is 3.71. The lowest BCUT2D eigenvalue weighted by Gasteiger charge is -2.34. The van der Waals surface area contributed by atoms with Gasteiger partial charge in [-0.05, 0) is 88.6 Å². The van der Waals surface area contributed by atoms with Crippen LogP contribution in [0.5, 0.6) is 0 Å². The molecule has 3 aromatic heterocycles. The second kappa shape index (κ2) is 25.8. The number of nitrogens with zero attached hydrogens (tertiary/aromatic N) is 4. The third kappa shape index (κ3) is 14.5. The number of ketones is 2. The number of ether oxygens (including phenoxy) is 3. The lowest BCUT2D eigenvalue weighted by atomic mass is 9.70. The van der Waals surface area contributed by atoms with Crippen LogP contribution in [0, 0.1) is 30.9 Å². The van der Waals surface area contributed by atoms with E-state index >= 15 is 0 Å². The van der Waals surface area contributed by atoms with Crippen molar-refractivity contribution in [3.63, 3.8) is 0 Å². The monoisotopic (exact) mass is 848 g/mol. The number of carbonyl (C=O) groups is 5. The first-order valence-corrected chi connectivity index (χ1v) is 19.5. The van der Waals surface area contributed by atoms with Crippen LogP contribution in [-0.4, -0.2) is 81.5 Å². The molecule has 0 N–H and O–H groups in total. The Kier molecular flexibility index (Phi) is 22.1. The van der Waals surface area contributed by atoms with Gasteiger partial charge in [0, 0.05) is 56.0 Å². The van der Waals surface area contributed by atoms with Gasteiger partial charge in [0.05, 0.1) is 36.9 Å². The second-order valence-corrected chi connectivity index (χ2v) is 13.8. The molecule has 2 atom stereocenters. The molecule has 2 aliphatic carbocycles. The van der Waals surface area contributed by atoms with E-state index in [0.29, 0.717) is 43.6 Å². The fraction of sp³-hybridized carbons (Fsp3) is 0.488. The molecule has 18 nitrogen and oxygen atoms in total. The number of pyridine rings is 3. The van der Waals surface area contributed by atoms with Gasteiger partial charge in [0.15, 0.2) is 0 Å². The number of rotatable bonds is 11. The predicted octanol–water partition coefficient (Wildman–Crippen LogP) is 4.86. The number of esters is 3. The first-order chi connectivity index (χ1) is 28.9. The summed E-state index contributed by atoms with van der Waals surface area (Å²) in [5.74, 6) is -1.27. The van der Waals surface area contributed by atoms with Crippen LogP contribution in [0.15, 0.2) is 36.8 Å². The Hall–Kier alpha value is -6.64. The van der Waals surface area contributed by atoms with Gasteiger partial charge in [0.2, 0.25) is 0 Å². The van der Waals surface area contributed by atoms with Crippen LogP contribution in [0.25, 0.3) is 0 Å². The molecule has 0 aliphatic heterocycles. The first kappa shape index (κ1) is 52.4. The SMILES string of the molecule is CCOC(=O)C1(CC)CC(=O)Cc2cc(C)cnc21.CCOC(=O)CC(CC)(C(=O)OCC)c1ncc(C)cc1[N+](=O)[O-].Cc1cnc2c(c1)CC(=O)CC2.O=C=O.O=C=O. The van der Waals surface area contributed by atoms with Crippen molar-refractivity contribution < 1.29 is 62.3 Å². The zero-order chi connectivity index (χ0) is 46.3. The molecule has 2 unspecified atom stereocenters. The number of aromatic nitrogens is 3. The Morgan fingerprint density at radius 3 is 1.82 bits per heavy atom. The van der Waals surface area contributed by atoms with Gasteiger partial charge in [-0.3, -0.25) is 49.0 Å². The van der Waals surface area contributed by atoms with Gasteiger partial charge in [0.25, 0.3) is 5.69 Å². The van der Waals surface area contributed by atoms with Crippen molar-refractivity contribution in [3.05, 3.63) is 91.8 Å². The van der Waals surface area contributed by atoms with Gasteiger partial charge < -0.3 is 14.2 Å². The lowest BCUT2D eigenvalue weighted by Crippen LogP contribution is -2.44. The van der Waals surface area contributed by atoms with Crippen molar-refractivity contribution >= 4 is 47.5 Å². The largest absolute Gasteiger partial charge is 0.466 e. The molecular formula is C43H52N4O14. The Labute approximate surface area is 353 Å². The molecule has 0 radical (unpaired) electrons. The molecule has 3 aromatic rings. The standard InChI is InChI=1S/C16H22N2O6.C15H19NO3.C10H11NO.2CO2/c1-5-16(15(20)24-7-3,9-13(19)23-6-2)14-12(18(21)22)8-11(4)10-17-14;1-4-15(14(18)19-5-2)8-12(17)7-11-6-10(3)9-16-13(11)15;1-7-4-8-5-9(12)2-3-10(8)11-6-7;2*2-1-3/h8,10H,5-7,9H2,1-4H3;6,9H,4-5,7-8H2,1-3H3;4,6H,2-3,5H2,1H3;;. The molecule has 0 saturated heterocycles. The summed E-state index contributed by atoms with van der Waals surface area (Å²) in [6.07, 6.45) is 8.47. The van der Waals surface area contributed by atoms with E-state index in [1.807, 2.05) is 33.0 Å². The third-order valence-electron chi connectivity index (χ3n) is 9.61. The molecule has 18 heteroatoms. The molecule has 61 heavy (non-hydrogen) atoms. The Morgan fingerprint density at radius 1 is 0.754 bits per heavy atom. The van der Waals surface area contributed by atoms with Gasteiger partial charge in [-0.15, -0.1) is 0 Å². The van der Waals surface area contributed by atoms with E-state index < -0.39 is 27.7 Å². The Balaban J connectivity index is 0.000000445. The molecule has 0 bridgehead atoms. The average molecular weight is 849 g/mol. The summed E-state index contributed by atoms with van der Waals surface area (Å²) in [4.78, 5) is 116. The van der Waals surface area contributed by atoms with Gasteiger partial charge in [0.1, 0.15) is 28.1 Å². The fourth-order valence-electron chi connectivity index (χ4n) is 6.84. The number of aryl methyl sites for hydroxylation is 4. The van der Waals surface area contributed by atoms with E-state index in [4.69, 9.17) is 33.4 Å². The van der Waals surface area contributed by atoms with Crippen LogP contribution >= 0.6 is 0 Å². The van der Waals surface area contributed by atoms with Gasteiger partial charge in [-0.2, -0.15) is 19.2 Å². The van der Waals surface area contributed by atoms with Crippen LogP contribution in [0.2, 0.25) is 0 Å². The molecule has 3 heterocycles. The number of nitro groups is 1. The van der Waals surface area contributed by atoms with Crippen molar-refractivity contribution in [2.45, 2.75) is 118 Å². The van der Waals surface area contributed by atoms with Crippen molar-refractivity contribution in [2.24, 2.45) is 0 Å².